The Hall–Kier alpha value is -1.40. The van der Waals surface area contributed by atoms with Gasteiger partial charge in [0.2, 0.25) is 0 Å². The molecule has 1 aromatic carbocycles. The Morgan fingerprint density at radius 3 is 2.44 bits per heavy atom. The van der Waals surface area contributed by atoms with Crippen molar-refractivity contribution in [2.45, 2.75) is 13.1 Å². The molecule has 1 fully saturated rings. The fourth-order valence-corrected chi connectivity index (χ4v) is 3.33. The molecule has 1 aliphatic rings. The van der Waals surface area contributed by atoms with Crippen LogP contribution in [0.15, 0.2) is 42.5 Å². The molecule has 25 heavy (non-hydrogen) atoms. The zero-order chi connectivity index (χ0) is 17.6. The number of thiocarbonyl (C=S) groups is 1. The summed E-state index contributed by atoms with van der Waals surface area (Å²) in [7, 11) is 0. The SMILES string of the molecule is S=C(NCc1ccc(Cl)cc1)N1CCN(Cc2cccc(Cl)n2)CC1. The lowest BCUT2D eigenvalue weighted by molar-refractivity contribution is 0.173. The molecule has 7 heteroatoms. The first-order chi connectivity index (χ1) is 12.1. The summed E-state index contributed by atoms with van der Waals surface area (Å²) in [5, 5.41) is 5.42. The highest BCUT2D eigenvalue weighted by Crippen LogP contribution is 2.11. The summed E-state index contributed by atoms with van der Waals surface area (Å²) < 4.78 is 0. The smallest absolute Gasteiger partial charge is 0.169 e. The molecule has 0 bridgehead atoms. The molecule has 2 heterocycles. The normalized spacial score (nSPS) is 15.2. The molecule has 1 saturated heterocycles. The van der Waals surface area contributed by atoms with Gasteiger partial charge in [0.25, 0.3) is 0 Å². The van der Waals surface area contributed by atoms with Crippen LogP contribution < -0.4 is 5.32 Å². The Morgan fingerprint density at radius 1 is 1.04 bits per heavy atom. The molecule has 4 nitrogen and oxygen atoms in total. The van der Waals surface area contributed by atoms with E-state index < -0.39 is 0 Å². The lowest BCUT2D eigenvalue weighted by Gasteiger charge is -2.36. The first-order valence-corrected chi connectivity index (χ1v) is 9.37. The molecule has 0 unspecified atom stereocenters. The van der Waals surface area contributed by atoms with Crippen LogP contribution in [-0.4, -0.2) is 46.1 Å². The van der Waals surface area contributed by atoms with Crippen LogP contribution in [0, 0.1) is 0 Å². The number of rotatable bonds is 4. The Kier molecular flexibility index (Phi) is 6.48. The van der Waals surface area contributed by atoms with E-state index >= 15 is 0 Å². The van der Waals surface area contributed by atoms with Crippen LogP contribution in [0.3, 0.4) is 0 Å². The number of halogens is 2. The van der Waals surface area contributed by atoms with E-state index in [4.69, 9.17) is 35.4 Å². The Balaban J connectivity index is 1.43. The number of hydrogen-bond acceptors (Lipinski definition) is 3. The highest BCUT2D eigenvalue weighted by Gasteiger charge is 2.19. The fourth-order valence-electron chi connectivity index (χ4n) is 2.77. The Bertz CT molecular complexity index is 715. The number of nitrogens with one attached hydrogen (secondary N) is 1. The summed E-state index contributed by atoms with van der Waals surface area (Å²) in [6.07, 6.45) is 0. The number of nitrogens with zero attached hydrogens (tertiary/aromatic N) is 3. The third-order valence-corrected chi connectivity index (χ3v) is 5.04. The number of benzene rings is 1. The molecule has 0 radical (unpaired) electrons. The van der Waals surface area contributed by atoms with Gasteiger partial charge in [0.05, 0.1) is 5.69 Å². The van der Waals surface area contributed by atoms with Gasteiger partial charge in [-0.25, -0.2) is 4.98 Å². The maximum atomic E-state index is 5.95. The van der Waals surface area contributed by atoms with Gasteiger partial charge in [-0.05, 0) is 42.0 Å². The molecule has 2 aromatic rings. The van der Waals surface area contributed by atoms with Gasteiger partial charge in [0.15, 0.2) is 5.11 Å². The van der Waals surface area contributed by atoms with E-state index in [2.05, 4.69) is 20.1 Å². The van der Waals surface area contributed by atoms with Crippen molar-refractivity contribution in [3.8, 4) is 0 Å². The molecule has 0 atom stereocenters. The predicted octanol–water partition coefficient (Wildman–Crippen LogP) is 3.58. The van der Waals surface area contributed by atoms with E-state index in [9.17, 15) is 0 Å². The summed E-state index contributed by atoms with van der Waals surface area (Å²) in [5.41, 5.74) is 2.17. The lowest BCUT2D eigenvalue weighted by Crippen LogP contribution is -2.51. The van der Waals surface area contributed by atoms with Crippen molar-refractivity contribution in [3.63, 3.8) is 0 Å². The first-order valence-electron chi connectivity index (χ1n) is 8.21. The molecule has 0 spiro atoms. The van der Waals surface area contributed by atoms with E-state index in [1.807, 2.05) is 36.4 Å². The van der Waals surface area contributed by atoms with Crippen LogP contribution in [0.4, 0.5) is 0 Å². The minimum absolute atomic E-state index is 0.545. The van der Waals surface area contributed by atoms with Gasteiger partial charge in [-0.2, -0.15) is 0 Å². The van der Waals surface area contributed by atoms with Crippen LogP contribution >= 0.6 is 35.4 Å². The minimum atomic E-state index is 0.545. The van der Waals surface area contributed by atoms with Crippen LogP contribution in [0.1, 0.15) is 11.3 Å². The minimum Gasteiger partial charge on any atom is -0.358 e. The third kappa shape index (κ3) is 5.54. The summed E-state index contributed by atoms with van der Waals surface area (Å²) in [6, 6.07) is 13.6. The second-order valence-electron chi connectivity index (χ2n) is 6.00. The molecular weight excluding hydrogens is 375 g/mol. The predicted molar refractivity (Wildman–Crippen MR) is 107 cm³/mol. The van der Waals surface area contributed by atoms with Crippen LogP contribution in [0.5, 0.6) is 0 Å². The third-order valence-electron chi connectivity index (χ3n) is 4.17. The number of hydrogen-bond donors (Lipinski definition) is 1. The Morgan fingerprint density at radius 2 is 1.76 bits per heavy atom. The van der Waals surface area contributed by atoms with Crippen molar-refractivity contribution in [2.75, 3.05) is 26.2 Å². The van der Waals surface area contributed by atoms with Crippen LogP contribution in [0.25, 0.3) is 0 Å². The summed E-state index contributed by atoms with van der Waals surface area (Å²) >= 11 is 17.4. The molecule has 0 amide bonds. The zero-order valence-electron chi connectivity index (χ0n) is 13.8. The highest BCUT2D eigenvalue weighted by molar-refractivity contribution is 7.80. The largest absolute Gasteiger partial charge is 0.358 e. The molecule has 3 rings (SSSR count). The van der Waals surface area contributed by atoms with Crippen molar-refractivity contribution < 1.29 is 0 Å². The molecular formula is C18H20Cl2N4S. The molecule has 1 aromatic heterocycles. The van der Waals surface area contributed by atoms with Gasteiger partial charge >= 0.3 is 0 Å². The van der Waals surface area contributed by atoms with Gasteiger partial charge in [-0.1, -0.05) is 41.4 Å². The maximum Gasteiger partial charge on any atom is 0.169 e. The van der Waals surface area contributed by atoms with Crippen molar-refractivity contribution in [3.05, 3.63) is 63.9 Å². The molecule has 0 aliphatic carbocycles. The van der Waals surface area contributed by atoms with Crippen molar-refractivity contribution in [2.24, 2.45) is 0 Å². The van der Waals surface area contributed by atoms with Crippen molar-refractivity contribution >= 4 is 40.5 Å². The average Bonchev–Trinajstić information content (AvgIpc) is 2.62. The van der Waals surface area contributed by atoms with E-state index in [1.165, 1.54) is 0 Å². The lowest BCUT2D eigenvalue weighted by atomic mass is 10.2. The van der Waals surface area contributed by atoms with Crippen molar-refractivity contribution in [1.82, 2.24) is 20.1 Å². The second kappa shape index (κ2) is 8.81. The van der Waals surface area contributed by atoms with Crippen LogP contribution in [0.2, 0.25) is 10.2 Å². The number of pyridine rings is 1. The van der Waals surface area contributed by atoms with Gasteiger partial charge in [-0.15, -0.1) is 0 Å². The summed E-state index contributed by atoms with van der Waals surface area (Å²) in [6.45, 7) is 5.26. The van der Waals surface area contributed by atoms with E-state index in [0.717, 1.165) is 54.1 Å². The quantitative estimate of drug-likeness (QED) is 0.632. The number of piperazine rings is 1. The topological polar surface area (TPSA) is 31.4 Å². The van der Waals surface area contributed by atoms with Gasteiger partial charge < -0.3 is 10.2 Å². The first kappa shape index (κ1) is 18.4. The molecule has 132 valence electrons. The second-order valence-corrected chi connectivity index (χ2v) is 7.21. The van der Waals surface area contributed by atoms with Gasteiger partial charge in [0.1, 0.15) is 5.15 Å². The molecule has 1 N–H and O–H groups in total. The monoisotopic (exact) mass is 394 g/mol. The van der Waals surface area contributed by atoms with E-state index in [-0.39, 0.29) is 0 Å². The fraction of sp³-hybridized carbons (Fsp3) is 0.333. The van der Waals surface area contributed by atoms with Gasteiger partial charge in [0, 0.05) is 44.3 Å². The molecule has 1 aliphatic heterocycles. The standard InChI is InChI=1S/C18H20Cl2N4S/c19-15-6-4-14(5-7-15)12-21-18(25)24-10-8-23(9-11-24)13-16-2-1-3-17(20)22-16/h1-7H,8-13H2,(H,21,25). The summed E-state index contributed by atoms with van der Waals surface area (Å²) in [4.78, 5) is 8.94. The highest BCUT2D eigenvalue weighted by atomic mass is 35.5. The zero-order valence-corrected chi connectivity index (χ0v) is 16.1. The molecule has 0 saturated carbocycles. The maximum absolute atomic E-state index is 5.95. The van der Waals surface area contributed by atoms with E-state index in [0.29, 0.717) is 11.7 Å². The van der Waals surface area contributed by atoms with E-state index in [1.54, 1.807) is 6.07 Å². The average molecular weight is 395 g/mol. The number of aromatic nitrogens is 1. The summed E-state index contributed by atoms with van der Waals surface area (Å²) in [5.74, 6) is 0. The van der Waals surface area contributed by atoms with Crippen LogP contribution in [-0.2, 0) is 13.1 Å². The van der Waals surface area contributed by atoms with Crippen molar-refractivity contribution in [1.29, 1.82) is 0 Å². The van der Waals surface area contributed by atoms with Gasteiger partial charge in [-0.3, -0.25) is 4.90 Å². The Labute approximate surface area is 163 Å².